The standard InChI is InChI=1S/C14H20ClNOS/c1-11(2)3-8-14(17)16-9-10-18-13-6-4-12(15)5-7-13/h4-7,11H,3,8-10H2,1-2H3,(H,16,17). The van der Waals surface area contributed by atoms with Crippen molar-refractivity contribution in [3.05, 3.63) is 29.3 Å². The van der Waals surface area contributed by atoms with Crippen molar-refractivity contribution in [1.82, 2.24) is 5.32 Å². The minimum Gasteiger partial charge on any atom is -0.355 e. The zero-order chi connectivity index (χ0) is 13.4. The van der Waals surface area contributed by atoms with Crippen LogP contribution in [0.5, 0.6) is 0 Å². The second kappa shape index (κ2) is 8.44. The molecule has 1 N–H and O–H groups in total. The molecule has 2 nitrogen and oxygen atoms in total. The molecule has 1 rings (SSSR count). The molecular weight excluding hydrogens is 266 g/mol. The summed E-state index contributed by atoms with van der Waals surface area (Å²) in [6, 6.07) is 7.75. The van der Waals surface area contributed by atoms with Crippen molar-refractivity contribution in [2.45, 2.75) is 31.6 Å². The van der Waals surface area contributed by atoms with Crippen molar-refractivity contribution < 1.29 is 4.79 Å². The van der Waals surface area contributed by atoms with E-state index in [9.17, 15) is 4.79 Å². The van der Waals surface area contributed by atoms with E-state index in [-0.39, 0.29) is 5.91 Å². The van der Waals surface area contributed by atoms with Gasteiger partial charge in [0.05, 0.1) is 0 Å². The molecule has 0 spiro atoms. The summed E-state index contributed by atoms with van der Waals surface area (Å²) >= 11 is 7.53. The Balaban J connectivity index is 2.11. The molecule has 0 atom stereocenters. The number of hydrogen-bond acceptors (Lipinski definition) is 2. The van der Waals surface area contributed by atoms with E-state index in [0.29, 0.717) is 18.9 Å². The van der Waals surface area contributed by atoms with Gasteiger partial charge in [-0.1, -0.05) is 25.4 Å². The number of thioether (sulfide) groups is 1. The molecule has 1 amide bonds. The first kappa shape index (κ1) is 15.4. The highest BCUT2D eigenvalue weighted by molar-refractivity contribution is 7.99. The summed E-state index contributed by atoms with van der Waals surface area (Å²) in [6.45, 7) is 4.97. The number of amides is 1. The molecule has 18 heavy (non-hydrogen) atoms. The maximum Gasteiger partial charge on any atom is 0.220 e. The molecule has 0 aliphatic heterocycles. The van der Waals surface area contributed by atoms with Crippen molar-refractivity contribution in [3.8, 4) is 0 Å². The van der Waals surface area contributed by atoms with Crippen LogP contribution in [-0.4, -0.2) is 18.2 Å². The highest BCUT2D eigenvalue weighted by atomic mass is 35.5. The van der Waals surface area contributed by atoms with E-state index in [0.717, 1.165) is 17.2 Å². The third-order valence-electron chi connectivity index (χ3n) is 2.46. The number of benzene rings is 1. The van der Waals surface area contributed by atoms with Crippen molar-refractivity contribution in [2.75, 3.05) is 12.3 Å². The fraction of sp³-hybridized carbons (Fsp3) is 0.500. The quantitative estimate of drug-likeness (QED) is 0.606. The van der Waals surface area contributed by atoms with Crippen LogP contribution >= 0.6 is 23.4 Å². The largest absolute Gasteiger partial charge is 0.355 e. The molecule has 0 aliphatic rings. The van der Waals surface area contributed by atoms with Crippen molar-refractivity contribution >= 4 is 29.3 Å². The Bertz CT molecular complexity index is 365. The van der Waals surface area contributed by atoms with Crippen LogP contribution in [0, 0.1) is 5.92 Å². The predicted octanol–water partition coefficient (Wildman–Crippen LogP) is 3.98. The van der Waals surface area contributed by atoms with Gasteiger partial charge in [0.25, 0.3) is 0 Å². The molecule has 0 heterocycles. The van der Waals surface area contributed by atoms with Gasteiger partial charge in [0.15, 0.2) is 0 Å². The molecular formula is C14H20ClNOS. The Kier molecular flexibility index (Phi) is 7.21. The van der Waals surface area contributed by atoms with Crippen molar-refractivity contribution in [1.29, 1.82) is 0 Å². The van der Waals surface area contributed by atoms with Gasteiger partial charge in [-0.2, -0.15) is 0 Å². The molecule has 4 heteroatoms. The van der Waals surface area contributed by atoms with E-state index in [2.05, 4.69) is 19.2 Å². The fourth-order valence-electron chi connectivity index (χ4n) is 1.40. The summed E-state index contributed by atoms with van der Waals surface area (Å²) in [5.74, 6) is 1.62. The van der Waals surface area contributed by atoms with Gasteiger partial charge in [0, 0.05) is 28.6 Å². The topological polar surface area (TPSA) is 29.1 Å². The normalized spacial score (nSPS) is 10.7. The van der Waals surface area contributed by atoms with Crippen molar-refractivity contribution in [2.24, 2.45) is 5.92 Å². The van der Waals surface area contributed by atoms with Gasteiger partial charge >= 0.3 is 0 Å². The third-order valence-corrected chi connectivity index (χ3v) is 3.72. The maximum atomic E-state index is 11.5. The third kappa shape index (κ3) is 6.92. The molecule has 0 aromatic heterocycles. The van der Waals surface area contributed by atoms with Crippen LogP contribution in [0.1, 0.15) is 26.7 Å². The molecule has 0 unspecified atom stereocenters. The summed E-state index contributed by atoms with van der Waals surface area (Å²) in [5.41, 5.74) is 0. The lowest BCUT2D eigenvalue weighted by Gasteiger charge is -2.06. The van der Waals surface area contributed by atoms with Crippen molar-refractivity contribution in [3.63, 3.8) is 0 Å². The van der Waals surface area contributed by atoms with E-state index >= 15 is 0 Å². The van der Waals surface area contributed by atoms with Crippen LogP contribution in [0.2, 0.25) is 5.02 Å². The fourth-order valence-corrected chi connectivity index (χ4v) is 2.29. The summed E-state index contributed by atoms with van der Waals surface area (Å²) in [6.07, 6.45) is 1.58. The van der Waals surface area contributed by atoms with E-state index in [1.807, 2.05) is 24.3 Å². The first-order valence-corrected chi connectivity index (χ1v) is 7.59. The molecule has 0 aliphatic carbocycles. The van der Waals surface area contributed by atoms with E-state index in [1.54, 1.807) is 11.8 Å². The minimum absolute atomic E-state index is 0.153. The van der Waals surface area contributed by atoms with Crippen LogP contribution in [0.3, 0.4) is 0 Å². The second-order valence-electron chi connectivity index (χ2n) is 4.58. The second-order valence-corrected chi connectivity index (χ2v) is 6.19. The average Bonchev–Trinajstić information content (AvgIpc) is 2.34. The SMILES string of the molecule is CC(C)CCC(=O)NCCSc1ccc(Cl)cc1. The molecule has 0 radical (unpaired) electrons. The minimum atomic E-state index is 0.153. The van der Waals surface area contributed by atoms with Crippen LogP contribution in [0.25, 0.3) is 0 Å². The number of carbonyl (C=O) groups is 1. The van der Waals surface area contributed by atoms with Gasteiger partial charge in [0.1, 0.15) is 0 Å². The highest BCUT2D eigenvalue weighted by Gasteiger charge is 2.02. The Morgan fingerprint density at radius 2 is 2.00 bits per heavy atom. The summed E-state index contributed by atoms with van der Waals surface area (Å²) in [5, 5.41) is 3.69. The van der Waals surface area contributed by atoms with Gasteiger partial charge < -0.3 is 5.32 Å². The zero-order valence-corrected chi connectivity index (χ0v) is 12.5. The summed E-state index contributed by atoms with van der Waals surface area (Å²) < 4.78 is 0. The Morgan fingerprint density at radius 1 is 1.33 bits per heavy atom. The lowest BCUT2D eigenvalue weighted by molar-refractivity contribution is -0.121. The van der Waals surface area contributed by atoms with E-state index in [1.165, 1.54) is 4.90 Å². The van der Waals surface area contributed by atoms with E-state index < -0.39 is 0 Å². The van der Waals surface area contributed by atoms with Gasteiger partial charge in [-0.05, 0) is 36.6 Å². The molecule has 100 valence electrons. The first-order chi connectivity index (χ1) is 8.58. The average molecular weight is 286 g/mol. The van der Waals surface area contributed by atoms with E-state index in [4.69, 9.17) is 11.6 Å². The van der Waals surface area contributed by atoms with Gasteiger partial charge in [-0.15, -0.1) is 11.8 Å². The van der Waals surface area contributed by atoms with Crippen LogP contribution in [0.15, 0.2) is 29.2 Å². The lowest BCUT2D eigenvalue weighted by atomic mass is 10.1. The number of rotatable bonds is 7. The smallest absolute Gasteiger partial charge is 0.220 e. The Morgan fingerprint density at radius 3 is 2.61 bits per heavy atom. The van der Waals surface area contributed by atoms with Gasteiger partial charge in [-0.3, -0.25) is 4.79 Å². The molecule has 0 fully saturated rings. The summed E-state index contributed by atoms with van der Waals surface area (Å²) in [7, 11) is 0. The molecule has 0 saturated heterocycles. The van der Waals surface area contributed by atoms with Crippen LogP contribution in [-0.2, 0) is 4.79 Å². The highest BCUT2D eigenvalue weighted by Crippen LogP contribution is 2.19. The van der Waals surface area contributed by atoms with Crippen LogP contribution in [0.4, 0.5) is 0 Å². The number of hydrogen-bond donors (Lipinski definition) is 1. The molecule has 1 aromatic carbocycles. The van der Waals surface area contributed by atoms with Gasteiger partial charge in [-0.25, -0.2) is 0 Å². The monoisotopic (exact) mass is 285 g/mol. The summed E-state index contributed by atoms with van der Waals surface area (Å²) in [4.78, 5) is 12.6. The molecule has 0 bridgehead atoms. The Labute approximate surface area is 118 Å². The van der Waals surface area contributed by atoms with Gasteiger partial charge in [0.2, 0.25) is 5.91 Å². The Hall–Kier alpha value is -0.670. The van der Waals surface area contributed by atoms with Crippen LogP contribution < -0.4 is 5.32 Å². The maximum absolute atomic E-state index is 11.5. The number of halogens is 1. The molecule has 0 saturated carbocycles. The zero-order valence-electron chi connectivity index (χ0n) is 10.9. The first-order valence-electron chi connectivity index (χ1n) is 6.23. The number of nitrogens with one attached hydrogen (secondary N) is 1. The predicted molar refractivity (Wildman–Crippen MR) is 79.3 cm³/mol. The number of carbonyl (C=O) groups excluding carboxylic acids is 1. The lowest BCUT2D eigenvalue weighted by Crippen LogP contribution is -2.25. The molecule has 1 aromatic rings.